The van der Waals surface area contributed by atoms with E-state index in [1.165, 1.54) is 121 Å². The molecule has 0 fully saturated rings. The van der Waals surface area contributed by atoms with Crippen molar-refractivity contribution in [3.8, 4) is 87.3 Å². The molecule has 0 aliphatic rings. The van der Waals surface area contributed by atoms with Crippen molar-refractivity contribution in [1.82, 2.24) is 0 Å². The largest absolute Gasteiger partial charge is 0.416 e. The fourth-order valence-corrected chi connectivity index (χ4v) is 19.2. The highest BCUT2D eigenvalue weighted by atomic mass is 32.1. The molecule has 0 unspecified atom stereocenters. The summed E-state index contributed by atoms with van der Waals surface area (Å²) in [6.07, 6.45) is 3.50. The van der Waals surface area contributed by atoms with Crippen LogP contribution in [0.3, 0.4) is 0 Å². The standard InChI is InChI=1S/C23H24N2S.C22H19F3N2S.C21H18F2N2S.C21H20N2S/c1-15-14-16(2)22(17(3)21(15)19-11-8-9-13-24(19)4)23-25(5)18-10-6-7-12-20(18)26-23;1-14-16(18-8-6-7-11-26(18)2)12-15(22(23,24)25)13-17(14)21-27(3)19-9-4-5-10-20(19)28-21;1-13-19(17-9-6-7-11-24(17)2)14(22)12-15(23)20(13)21-25(3)16-8-4-5-10-18(16)26-21;1-15-16(18-11-6-7-14-22(18)2)9-8-10-17(15)21-23(3)19-12-4-5-13-20(19)24-21/h6-14H,1-5H3;4-13H,1-3H3;4-12H,1-3H3;4-14H,1-3H3/q4*+2. The second-order valence-electron chi connectivity index (χ2n) is 26.3. The summed E-state index contributed by atoms with van der Waals surface area (Å²) in [5, 5.41) is 4.21. The Kier molecular flexibility index (Phi) is 20.6. The molecule has 0 atom stereocenters. The van der Waals surface area contributed by atoms with Crippen LogP contribution < -0.4 is 36.5 Å². The lowest BCUT2D eigenvalue weighted by Gasteiger charge is -2.13. The van der Waals surface area contributed by atoms with Gasteiger partial charge < -0.3 is 0 Å². The molecule has 0 aliphatic carbocycles. The number of pyridine rings is 4. The summed E-state index contributed by atoms with van der Waals surface area (Å²) in [5.74, 6) is -1.08. The monoisotopic (exact) mass is 1460 g/mol. The lowest BCUT2D eigenvalue weighted by molar-refractivity contribution is -0.660. The molecule has 8 aromatic heterocycles. The van der Waals surface area contributed by atoms with Crippen LogP contribution in [0.2, 0.25) is 0 Å². The molecule has 0 amide bonds. The topological polar surface area (TPSA) is 31.0 Å². The average molecular weight is 1460 g/mol. The summed E-state index contributed by atoms with van der Waals surface area (Å²) in [5.41, 5.74) is 22.1. The van der Waals surface area contributed by atoms with E-state index in [4.69, 9.17) is 0 Å². The van der Waals surface area contributed by atoms with Crippen LogP contribution in [0.5, 0.6) is 0 Å². The maximum atomic E-state index is 14.8. The van der Waals surface area contributed by atoms with Gasteiger partial charge in [0.05, 0.1) is 44.5 Å². The van der Waals surface area contributed by atoms with E-state index in [0.717, 1.165) is 47.8 Å². The number of thiazole rings is 4. The first-order valence-corrected chi connectivity index (χ1v) is 37.4. The first-order valence-electron chi connectivity index (χ1n) is 34.1. The maximum absolute atomic E-state index is 14.8. The van der Waals surface area contributed by atoms with Crippen LogP contribution in [0.1, 0.15) is 38.9 Å². The Morgan fingerprint density at radius 2 is 0.606 bits per heavy atom. The molecule has 8 aromatic carbocycles. The van der Waals surface area contributed by atoms with Gasteiger partial charge >= 0.3 is 6.18 Å². The molecule has 0 spiro atoms. The smallest absolute Gasteiger partial charge is 0.206 e. The van der Waals surface area contributed by atoms with E-state index in [1.807, 2.05) is 173 Å². The number of para-hydroxylation sites is 4. The zero-order chi connectivity index (χ0) is 73.6. The molecule has 16 rings (SSSR count). The highest BCUT2D eigenvalue weighted by molar-refractivity contribution is 7.22. The van der Waals surface area contributed by atoms with Crippen LogP contribution in [0.25, 0.3) is 128 Å². The van der Waals surface area contributed by atoms with E-state index in [2.05, 4.69) is 196 Å². The minimum Gasteiger partial charge on any atom is -0.206 e. The average Bonchev–Trinajstić information content (AvgIpc) is 1.52. The van der Waals surface area contributed by atoms with Gasteiger partial charge in [-0.15, -0.1) is 0 Å². The van der Waals surface area contributed by atoms with Gasteiger partial charge in [-0.2, -0.15) is 31.4 Å². The van der Waals surface area contributed by atoms with Gasteiger partial charge in [0.15, 0.2) is 24.8 Å². The number of benzene rings is 8. The summed E-state index contributed by atoms with van der Waals surface area (Å²) in [6, 6.07) is 69.3. The quantitative estimate of drug-likeness (QED) is 0.107. The predicted molar refractivity (Wildman–Crippen MR) is 414 cm³/mol. The summed E-state index contributed by atoms with van der Waals surface area (Å²) in [6.45, 7) is 12.6. The Hall–Kier alpha value is -10.4. The summed E-state index contributed by atoms with van der Waals surface area (Å²) < 4.78 is 92.1. The van der Waals surface area contributed by atoms with Crippen molar-refractivity contribution in [3.05, 3.63) is 288 Å². The number of nitrogens with zero attached hydrogens (tertiary/aromatic N) is 8. The van der Waals surface area contributed by atoms with Gasteiger partial charge in [0.1, 0.15) is 86.8 Å². The van der Waals surface area contributed by atoms with Crippen molar-refractivity contribution in [2.45, 2.75) is 47.7 Å². The summed E-state index contributed by atoms with van der Waals surface area (Å²) in [4.78, 5) is 0. The van der Waals surface area contributed by atoms with Crippen LogP contribution in [0.15, 0.2) is 237 Å². The van der Waals surface area contributed by atoms with E-state index < -0.39 is 23.4 Å². The van der Waals surface area contributed by atoms with Crippen LogP contribution >= 0.6 is 45.3 Å². The van der Waals surface area contributed by atoms with Crippen molar-refractivity contribution in [2.24, 2.45) is 56.4 Å². The number of halogens is 5. The van der Waals surface area contributed by atoms with E-state index in [0.29, 0.717) is 33.5 Å². The molecule has 17 heteroatoms. The van der Waals surface area contributed by atoms with E-state index >= 15 is 0 Å². The number of fused-ring (bicyclic) bond motifs is 4. The molecule has 8 heterocycles. The predicted octanol–water partition coefficient (Wildman–Crippen LogP) is 18.7. The molecular formula is C87H81F5N8S4+8. The van der Waals surface area contributed by atoms with Gasteiger partial charge in [0, 0.05) is 84.4 Å². The Labute approximate surface area is 619 Å². The second kappa shape index (κ2) is 29.7. The van der Waals surface area contributed by atoms with Gasteiger partial charge in [-0.3, -0.25) is 0 Å². The van der Waals surface area contributed by atoms with Crippen molar-refractivity contribution in [2.75, 3.05) is 0 Å². The summed E-state index contributed by atoms with van der Waals surface area (Å²) >= 11 is 6.75. The molecule has 8 nitrogen and oxygen atoms in total. The fourth-order valence-electron chi connectivity index (χ4n) is 14.2. The normalized spacial score (nSPS) is 11.4. The fraction of sp³-hybridized carbons (Fsp3) is 0.172. The third-order valence-corrected chi connectivity index (χ3v) is 24.6. The van der Waals surface area contributed by atoms with Crippen LogP contribution in [-0.4, -0.2) is 0 Å². The lowest BCUT2D eigenvalue weighted by atomic mass is 9.91. The van der Waals surface area contributed by atoms with Gasteiger partial charge in [0.2, 0.25) is 44.8 Å². The van der Waals surface area contributed by atoms with Crippen LogP contribution in [-0.2, 0) is 62.6 Å². The zero-order valence-corrected chi connectivity index (χ0v) is 63.9. The molecule has 16 aromatic rings. The Bertz CT molecular complexity index is 5800. The number of alkyl halides is 3. The van der Waals surface area contributed by atoms with Crippen molar-refractivity contribution in [3.63, 3.8) is 0 Å². The Morgan fingerprint density at radius 1 is 0.279 bits per heavy atom. The zero-order valence-electron chi connectivity index (χ0n) is 60.6. The number of hydrogen-bond donors (Lipinski definition) is 0. The Balaban J connectivity index is 0.000000123. The van der Waals surface area contributed by atoms with Crippen molar-refractivity contribution < 1.29 is 58.5 Å². The van der Waals surface area contributed by atoms with Gasteiger partial charge in [-0.1, -0.05) is 106 Å². The van der Waals surface area contributed by atoms with E-state index in [1.54, 1.807) is 6.92 Å². The third-order valence-electron chi connectivity index (χ3n) is 19.6. The van der Waals surface area contributed by atoms with Gasteiger partial charge in [-0.05, 0) is 148 Å². The Morgan fingerprint density at radius 3 is 1.05 bits per heavy atom. The molecule has 0 saturated carbocycles. The number of hydrogen-bond acceptors (Lipinski definition) is 4. The molecule has 0 aliphatic heterocycles. The SMILES string of the molecule is Cc1c(-c2cccc[n+]2C)c(F)cc(F)c1-c1sc2ccccc2[n+]1C.Cc1c(-c2cccc[n+]2C)cc(C(F)(F)F)cc1-c1sc2ccccc2[n+]1C.Cc1c(-c2cccc[n+]2C)cccc1-c1sc2ccccc2[n+]1C.Cc1cc(C)c(-c2sc3ccccc3[n+]2C)c(C)c1-c1cccc[n+]1C. The van der Waals surface area contributed by atoms with E-state index in [-0.39, 0.29) is 0 Å². The minimum atomic E-state index is -4.42. The van der Waals surface area contributed by atoms with E-state index in [9.17, 15) is 22.0 Å². The molecule has 104 heavy (non-hydrogen) atoms. The van der Waals surface area contributed by atoms with Crippen molar-refractivity contribution in [1.29, 1.82) is 0 Å². The summed E-state index contributed by atoms with van der Waals surface area (Å²) in [7, 11) is 16.1. The van der Waals surface area contributed by atoms with Crippen LogP contribution in [0.4, 0.5) is 22.0 Å². The molecule has 0 saturated heterocycles. The first kappa shape index (κ1) is 71.9. The van der Waals surface area contributed by atoms with Gasteiger partial charge in [-0.25, -0.2) is 27.0 Å². The molecule has 520 valence electrons. The van der Waals surface area contributed by atoms with Crippen molar-refractivity contribution >= 4 is 86.2 Å². The lowest BCUT2D eigenvalue weighted by Crippen LogP contribution is -2.31. The highest BCUT2D eigenvalue weighted by Crippen LogP contribution is 2.43. The first-order chi connectivity index (χ1) is 49.9. The molecule has 0 bridgehead atoms. The van der Waals surface area contributed by atoms with Gasteiger partial charge in [0.25, 0.3) is 20.0 Å². The second-order valence-corrected chi connectivity index (χ2v) is 30.4. The van der Waals surface area contributed by atoms with Crippen LogP contribution in [0, 0.1) is 53.2 Å². The molecule has 0 radical (unpaired) electrons. The number of aryl methyl sites for hydroxylation is 10. The third kappa shape index (κ3) is 13.8. The molecular weight excluding hydrogens is 1380 g/mol. The number of rotatable bonds is 8. The maximum Gasteiger partial charge on any atom is 0.416 e. The number of aromatic nitrogens is 8. The highest BCUT2D eigenvalue weighted by Gasteiger charge is 2.36. The minimum absolute atomic E-state index is 0.432. The molecule has 0 N–H and O–H groups in total.